The molecule has 448 valence electrons. The molecule has 1 fully saturated rings. The van der Waals surface area contributed by atoms with E-state index in [0.29, 0.717) is 12.8 Å². The Hall–Kier alpha value is -2.37. The molecule has 0 aromatic rings. The Labute approximate surface area is 474 Å². The molecule has 9 heteroatoms. The normalized spacial score (nSPS) is 19.2. The van der Waals surface area contributed by atoms with E-state index in [-0.39, 0.29) is 12.5 Å². The monoisotopic (exact) mass is 1080 g/mol. The van der Waals surface area contributed by atoms with Crippen LogP contribution in [0.15, 0.2) is 72.9 Å². The summed E-state index contributed by atoms with van der Waals surface area (Å²) in [7, 11) is 0. The highest BCUT2D eigenvalue weighted by Crippen LogP contribution is 2.23. The number of allylic oxidation sites excluding steroid dienone is 12. The van der Waals surface area contributed by atoms with Crippen molar-refractivity contribution in [1.82, 2.24) is 5.32 Å². The highest BCUT2D eigenvalue weighted by molar-refractivity contribution is 5.76. The Morgan fingerprint density at radius 3 is 1.19 bits per heavy atom. The maximum Gasteiger partial charge on any atom is 0.220 e. The van der Waals surface area contributed by atoms with Crippen LogP contribution in [0.1, 0.15) is 296 Å². The Balaban J connectivity index is 2.17. The fourth-order valence-electron chi connectivity index (χ4n) is 10.2. The van der Waals surface area contributed by atoms with E-state index in [1.54, 1.807) is 0 Å². The molecule has 0 aliphatic carbocycles. The number of ether oxygens (including phenoxy) is 2. The number of rotatable bonds is 56. The first kappa shape index (κ1) is 72.6. The van der Waals surface area contributed by atoms with E-state index in [0.717, 1.165) is 89.9 Å². The lowest BCUT2D eigenvalue weighted by Gasteiger charge is -2.40. The summed E-state index contributed by atoms with van der Waals surface area (Å²) >= 11 is 0. The first-order valence-corrected chi connectivity index (χ1v) is 32.6. The van der Waals surface area contributed by atoms with E-state index in [4.69, 9.17) is 9.47 Å². The molecule has 1 heterocycles. The maximum absolute atomic E-state index is 13.1. The fraction of sp³-hybridized carbons (Fsp3) is 0.809. The van der Waals surface area contributed by atoms with Crippen LogP contribution in [0.25, 0.3) is 0 Å². The molecule has 7 unspecified atom stereocenters. The van der Waals surface area contributed by atoms with Gasteiger partial charge in [-0.25, -0.2) is 0 Å². The molecule has 1 aliphatic rings. The quantitative estimate of drug-likeness (QED) is 0.0261. The molecule has 1 saturated heterocycles. The predicted octanol–water partition coefficient (Wildman–Crippen LogP) is 17.2. The van der Waals surface area contributed by atoms with Gasteiger partial charge in [-0.1, -0.05) is 299 Å². The van der Waals surface area contributed by atoms with Gasteiger partial charge in [-0.15, -0.1) is 0 Å². The minimum absolute atomic E-state index is 0.144. The third-order valence-corrected chi connectivity index (χ3v) is 15.3. The summed E-state index contributed by atoms with van der Waals surface area (Å²) in [6, 6.07) is -0.730. The first-order chi connectivity index (χ1) is 37.8. The van der Waals surface area contributed by atoms with Gasteiger partial charge in [0.05, 0.1) is 25.4 Å². The minimum atomic E-state index is -1.56. The Kier molecular flexibility index (Phi) is 53.7. The standard InChI is InChI=1S/C68H123NO8/c1-3-5-7-9-11-13-15-17-19-21-23-25-27-29-31-33-35-37-39-41-43-45-47-49-51-53-55-57-62(71)61(60-76-68-67(75)66(74)65(73)63(59-70)77-68)69-64(72)58-56-54-52-50-48-46-44-42-40-38-36-34-32-30-28-26-24-22-20-18-16-14-12-10-8-6-4-2/h6,8,12,14,18,20,24,26,30,32,36,38,61-63,65-68,70-71,73-75H,3-5,7,9-11,13,15-17,19,21-23,25,27-29,31,33-35,37,39-60H2,1-2H3,(H,69,72)/b8-6-,14-12-,20-18-,26-24-,32-30-,38-36-. The second kappa shape index (κ2) is 56.9. The summed E-state index contributed by atoms with van der Waals surface area (Å²) in [4.78, 5) is 13.1. The van der Waals surface area contributed by atoms with Gasteiger partial charge in [0.1, 0.15) is 24.4 Å². The fourth-order valence-corrected chi connectivity index (χ4v) is 10.2. The molecule has 0 aromatic heterocycles. The molecule has 77 heavy (non-hydrogen) atoms. The van der Waals surface area contributed by atoms with Gasteiger partial charge in [0.15, 0.2) is 6.29 Å². The molecule has 1 rings (SSSR count). The molecule has 1 amide bonds. The van der Waals surface area contributed by atoms with E-state index in [2.05, 4.69) is 92.1 Å². The largest absolute Gasteiger partial charge is 0.394 e. The van der Waals surface area contributed by atoms with E-state index in [1.165, 1.54) is 180 Å². The van der Waals surface area contributed by atoms with E-state index >= 15 is 0 Å². The minimum Gasteiger partial charge on any atom is -0.394 e. The summed E-state index contributed by atoms with van der Waals surface area (Å²) in [5.74, 6) is -0.152. The van der Waals surface area contributed by atoms with Gasteiger partial charge in [0.2, 0.25) is 5.91 Å². The van der Waals surface area contributed by atoms with Gasteiger partial charge in [-0.3, -0.25) is 4.79 Å². The molecule has 0 radical (unpaired) electrons. The van der Waals surface area contributed by atoms with Crippen molar-refractivity contribution in [2.24, 2.45) is 0 Å². The zero-order valence-electron chi connectivity index (χ0n) is 50.0. The Bertz CT molecular complexity index is 1440. The van der Waals surface area contributed by atoms with Crippen LogP contribution in [0.5, 0.6) is 0 Å². The van der Waals surface area contributed by atoms with Crippen LogP contribution in [0, 0.1) is 0 Å². The molecule has 1 aliphatic heterocycles. The highest BCUT2D eigenvalue weighted by Gasteiger charge is 2.44. The lowest BCUT2D eigenvalue weighted by molar-refractivity contribution is -0.302. The zero-order valence-corrected chi connectivity index (χ0v) is 50.0. The summed E-state index contributed by atoms with van der Waals surface area (Å²) in [6.45, 7) is 3.75. The second-order valence-corrected chi connectivity index (χ2v) is 22.5. The topological polar surface area (TPSA) is 149 Å². The lowest BCUT2D eigenvalue weighted by atomic mass is 9.99. The van der Waals surface area contributed by atoms with Crippen LogP contribution in [0.2, 0.25) is 0 Å². The molecule has 6 N–H and O–H groups in total. The highest BCUT2D eigenvalue weighted by atomic mass is 16.7. The van der Waals surface area contributed by atoms with Gasteiger partial charge in [0, 0.05) is 6.42 Å². The molecule has 0 spiro atoms. The van der Waals surface area contributed by atoms with E-state index in [9.17, 15) is 30.3 Å². The number of unbranched alkanes of at least 4 members (excludes halogenated alkanes) is 34. The molecule has 7 atom stereocenters. The number of hydrogen-bond acceptors (Lipinski definition) is 8. The van der Waals surface area contributed by atoms with E-state index in [1.807, 2.05) is 0 Å². The molecule has 0 bridgehead atoms. The number of carbonyl (C=O) groups is 1. The van der Waals surface area contributed by atoms with Gasteiger partial charge >= 0.3 is 0 Å². The summed E-state index contributed by atoms with van der Waals surface area (Å²) in [6.07, 6.45) is 72.3. The van der Waals surface area contributed by atoms with Crippen molar-refractivity contribution in [1.29, 1.82) is 0 Å². The molecular formula is C68H123NO8. The van der Waals surface area contributed by atoms with Crippen LogP contribution in [0.3, 0.4) is 0 Å². The number of aliphatic hydroxyl groups is 5. The van der Waals surface area contributed by atoms with Crippen molar-refractivity contribution < 1.29 is 39.8 Å². The van der Waals surface area contributed by atoms with Crippen molar-refractivity contribution in [3.63, 3.8) is 0 Å². The van der Waals surface area contributed by atoms with Gasteiger partial charge in [-0.2, -0.15) is 0 Å². The molecular weight excluding hydrogens is 959 g/mol. The smallest absolute Gasteiger partial charge is 0.220 e. The summed E-state index contributed by atoms with van der Waals surface area (Å²) < 4.78 is 11.4. The lowest BCUT2D eigenvalue weighted by Crippen LogP contribution is -2.60. The Morgan fingerprint density at radius 2 is 0.805 bits per heavy atom. The molecule has 0 saturated carbocycles. The summed E-state index contributed by atoms with van der Waals surface area (Å²) in [5.41, 5.74) is 0. The number of nitrogens with one attached hydrogen (secondary N) is 1. The molecule has 0 aromatic carbocycles. The number of hydrogen-bond donors (Lipinski definition) is 6. The maximum atomic E-state index is 13.1. The van der Waals surface area contributed by atoms with Gasteiger partial charge in [-0.05, 0) is 64.2 Å². The van der Waals surface area contributed by atoms with E-state index < -0.39 is 49.5 Å². The van der Waals surface area contributed by atoms with Crippen molar-refractivity contribution in [2.45, 2.75) is 339 Å². The SMILES string of the molecule is CC/C=C\C/C=C\C/C=C\C/C=C\C/C=C\C/C=C\CCCCCCCCCCC(=O)NC(COC1OC(CO)C(O)C(O)C1O)C(O)CCCCCCCCCCCCCCCCCCCCCCCCCCCCC. The van der Waals surface area contributed by atoms with Crippen LogP contribution < -0.4 is 5.32 Å². The first-order valence-electron chi connectivity index (χ1n) is 32.6. The van der Waals surface area contributed by atoms with Gasteiger partial charge in [0.25, 0.3) is 0 Å². The van der Waals surface area contributed by atoms with Crippen LogP contribution >= 0.6 is 0 Å². The van der Waals surface area contributed by atoms with Crippen LogP contribution in [-0.4, -0.2) is 87.5 Å². The average molecular weight is 1080 g/mol. The van der Waals surface area contributed by atoms with Gasteiger partial charge < -0.3 is 40.3 Å². The number of aliphatic hydroxyl groups excluding tert-OH is 5. The Morgan fingerprint density at radius 1 is 0.455 bits per heavy atom. The van der Waals surface area contributed by atoms with Crippen molar-refractivity contribution in [3.05, 3.63) is 72.9 Å². The number of carbonyl (C=O) groups excluding carboxylic acids is 1. The predicted molar refractivity (Wildman–Crippen MR) is 327 cm³/mol. The summed E-state index contributed by atoms with van der Waals surface area (Å²) in [5, 5.41) is 54.9. The molecule has 9 nitrogen and oxygen atoms in total. The second-order valence-electron chi connectivity index (χ2n) is 22.5. The average Bonchev–Trinajstić information content (AvgIpc) is 3.43. The van der Waals surface area contributed by atoms with Crippen LogP contribution in [0.4, 0.5) is 0 Å². The third-order valence-electron chi connectivity index (χ3n) is 15.3. The van der Waals surface area contributed by atoms with Crippen molar-refractivity contribution in [2.75, 3.05) is 13.2 Å². The van der Waals surface area contributed by atoms with Crippen LogP contribution in [-0.2, 0) is 14.3 Å². The van der Waals surface area contributed by atoms with Crippen molar-refractivity contribution >= 4 is 5.91 Å². The third kappa shape index (κ3) is 46.0. The van der Waals surface area contributed by atoms with Crippen molar-refractivity contribution in [3.8, 4) is 0 Å². The number of amides is 1. The zero-order chi connectivity index (χ0) is 55.8.